The van der Waals surface area contributed by atoms with Crippen molar-refractivity contribution < 1.29 is 18.9 Å². The van der Waals surface area contributed by atoms with E-state index in [0.29, 0.717) is 0 Å². The summed E-state index contributed by atoms with van der Waals surface area (Å²) in [5.74, 6) is 4.29. The van der Waals surface area contributed by atoms with Crippen LogP contribution in [0.2, 0.25) is 0 Å². The summed E-state index contributed by atoms with van der Waals surface area (Å²) in [5.41, 5.74) is 5.81. The number of benzene rings is 2. The summed E-state index contributed by atoms with van der Waals surface area (Å²) in [4.78, 5) is 0. The zero-order valence-corrected chi connectivity index (χ0v) is 24.5. The van der Waals surface area contributed by atoms with Crippen molar-refractivity contribution in [3.63, 3.8) is 0 Å². The van der Waals surface area contributed by atoms with Crippen LogP contribution in [0.3, 0.4) is 0 Å². The summed E-state index contributed by atoms with van der Waals surface area (Å²) in [5, 5.41) is 0. The number of ether oxygens (including phenoxy) is 4. The van der Waals surface area contributed by atoms with E-state index in [1.807, 2.05) is 18.2 Å². The predicted octanol–water partition coefficient (Wildman–Crippen LogP) is 9.83. The van der Waals surface area contributed by atoms with Crippen molar-refractivity contribution in [2.24, 2.45) is 0 Å². The lowest BCUT2D eigenvalue weighted by atomic mass is 9.97. The Labute approximate surface area is 225 Å². The summed E-state index contributed by atoms with van der Waals surface area (Å²) in [6.45, 7) is 10.9. The average Bonchev–Trinajstić information content (AvgIpc) is 2.91. The first-order valence-electron chi connectivity index (χ1n) is 13.9. The van der Waals surface area contributed by atoms with Gasteiger partial charge in [0.15, 0.2) is 0 Å². The van der Waals surface area contributed by atoms with Gasteiger partial charge in [-0.2, -0.15) is 0 Å². The Morgan fingerprint density at radius 1 is 0.811 bits per heavy atom. The molecule has 204 valence electrons. The fraction of sp³-hybridized carbons (Fsp3) is 0.515. The quantitative estimate of drug-likeness (QED) is 0.128. The molecule has 0 radical (unpaired) electrons. The molecule has 0 N–H and O–H groups in total. The third-order valence-corrected chi connectivity index (χ3v) is 6.94. The van der Waals surface area contributed by atoms with Crippen LogP contribution in [0.25, 0.3) is 6.08 Å². The van der Waals surface area contributed by atoms with Gasteiger partial charge in [-0.15, -0.1) is 0 Å². The summed E-state index contributed by atoms with van der Waals surface area (Å²) in [7, 11) is 5.19. The molecular weight excluding hydrogens is 460 g/mol. The summed E-state index contributed by atoms with van der Waals surface area (Å²) >= 11 is 0. The lowest BCUT2D eigenvalue weighted by Gasteiger charge is -2.18. The average molecular weight is 509 g/mol. The summed E-state index contributed by atoms with van der Waals surface area (Å²) < 4.78 is 23.7. The minimum atomic E-state index is 0.774. The molecule has 2 aromatic rings. The van der Waals surface area contributed by atoms with Crippen LogP contribution in [0.4, 0.5) is 0 Å². The zero-order valence-electron chi connectivity index (χ0n) is 24.5. The minimum Gasteiger partial charge on any atom is -0.497 e. The van der Waals surface area contributed by atoms with E-state index < -0.39 is 0 Å². The number of methoxy groups -OCH3 is 3. The first-order valence-corrected chi connectivity index (χ1v) is 13.9. The fourth-order valence-corrected chi connectivity index (χ4v) is 4.46. The van der Waals surface area contributed by atoms with Gasteiger partial charge >= 0.3 is 0 Å². The molecular formula is C33H48O4. The van der Waals surface area contributed by atoms with Crippen LogP contribution < -0.4 is 14.2 Å². The molecule has 0 aliphatic rings. The Morgan fingerprint density at radius 2 is 1.51 bits per heavy atom. The van der Waals surface area contributed by atoms with Gasteiger partial charge in [0.25, 0.3) is 0 Å². The molecule has 2 aromatic carbocycles. The molecule has 0 bridgehead atoms. The minimum absolute atomic E-state index is 0.774. The van der Waals surface area contributed by atoms with Crippen molar-refractivity contribution in [3.05, 3.63) is 63.9 Å². The first kappa shape index (κ1) is 30.3. The highest BCUT2D eigenvalue weighted by Crippen LogP contribution is 2.37. The maximum absolute atomic E-state index is 6.58. The van der Waals surface area contributed by atoms with E-state index in [1.165, 1.54) is 36.8 Å². The standard InChI is InChI=1S/C33H48O4/c1-9-12-14-16-26-21-29(34-6)18-19-31(26)37-32-23-30(35-7)22-28(25(32)5)20-27(17-15-13-10-2)33(36-8)24(4)11-3/h18-23H,9-17H2,1-8H3/b27-20-,33-24+. The van der Waals surface area contributed by atoms with Crippen LogP contribution >= 0.6 is 0 Å². The van der Waals surface area contributed by atoms with Gasteiger partial charge in [-0.25, -0.2) is 0 Å². The van der Waals surface area contributed by atoms with Gasteiger partial charge in [-0.05, 0) is 104 Å². The van der Waals surface area contributed by atoms with E-state index >= 15 is 0 Å². The maximum atomic E-state index is 6.58. The second kappa shape index (κ2) is 16.1. The van der Waals surface area contributed by atoms with E-state index in [2.05, 4.69) is 52.8 Å². The highest BCUT2D eigenvalue weighted by atomic mass is 16.5. The monoisotopic (exact) mass is 508 g/mol. The first-order chi connectivity index (χ1) is 17.9. The van der Waals surface area contributed by atoms with Gasteiger partial charge in [0, 0.05) is 6.07 Å². The van der Waals surface area contributed by atoms with Crippen molar-refractivity contribution in [2.45, 2.75) is 92.4 Å². The van der Waals surface area contributed by atoms with Crippen molar-refractivity contribution in [3.8, 4) is 23.0 Å². The Morgan fingerprint density at radius 3 is 2.14 bits per heavy atom. The van der Waals surface area contributed by atoms with Gasteiger partial charge in [-0.3, -0.25) is 0 Å². The predicted molar refractivity (Wildman–Crippen MR) is 156 cm³/mol. The molecule has 0 atom stereocenters. The Bertz CT molecular complexity index is 1050. The largest absolute Gasteiger partial charge is 0.497 e. The van der Waals surface area contributed by atoms with Crippen LogP contribution in [0.15, 0.2) is 47.2 Å². The molecule has 4 nitrogen and oxygen atoms in total. The molecule has 0 saturated carbocycles. The lowest BCUT2D eigenvalue weighted by molar-refractivity contribution is 0.292. The van der Waals surface area contributed by atoms with E-state index in [0.717, 1.165) is 77.6 Å². The maximum Gasteiger partial charge on any atom is 0.134 e. The Balaban J connectivity index is 2.56. The number of hydrogen-bond acceptors (Lipinski definition) is 4. The van der Waals surface area contributed by atoms with E-state index in [4.69, 9.17) is 18.9 Å². The molecule has 37 heavy (non-hydrogen) atoms. The third-order valence-electron chi connectivity index (χ3n) is 6.94. The molecule has 0 aliphatic heterocycles. The number of allylic oxidation sites excluding steroid dienone is 2. The van der Waals surface area contributed by atoms with Gasteiger partial charge in [0.1, 0.15) is 28.8 Å². The fourth-order valence-electron chi connectivity index (χ4n) is 4.46. The molecule has 0 heterocycles. The highest BCUT2D eigenvalue weighted by Gasteiger charge is 2.15. The second-order valence-corrected chi connectivity index (χ2v) is 9.67. The van der Waals surface area contributed by atoms with E-state index in [-0.39, 0.29) is 0 Å². The SMILES string of the molecule is CCCCCC(=C/c1cc(OC)cc(Oc2ccc(OC)cc2CCCCC)c1C)/C(OC)=C(/C)CC. The highest BCUT2D eigenvalue weighted by molar-refractivity contribution is 5.66. The van der Waals surface area contributed by atoms with E-state index in [9.17, 15) is 0 Å². The molecule has 0 amide bonds. The number of hydrogen-bond donors (Lipinski definition) is 0. The Hall–Kier alpha value is -2.88. The molecule has 2 rings (SSSR count). The lowest BCUT2D eigenvalue weighted by Crippen LogP contribution is -2.00. The van der Waals surface area contributed by atoms with Gasteiger partial charge in [-0.1, -0.05) is 46.5 Å². The summed E-state index contributed by atoms with van der Waals surface area (Å²) in [6.07, 6.45) is 12.1. The van der Waals surface area contributed by atoms with Crippen LogP contribution in [-0.2, 0) is 11.2 Å². The van der Waals surface area contributed by atoms with Crippen LogP contribution in [0.5, 0.6) is 23.0 Å². The van der Waals surface area contributed by atoms with Crippen LogP contribution in [0, 0.1) is 6.92 Å². The molecule has 4 heteroatoms. The van der Waals surface area contributed by atoms with Crippen molar-refractivity contribution in [1.29, 1.82) is 0 Å². The molecule has 0 spiro atoms. The molecule has 0 aromatic heterocycles. The topological polar surface area (TPSA) is 36.9 Å². The van der Waals surface area contributed by atoms with Gasteiger partial charge in [0.2, 0.25) is 0 Å². The number of aryl methyl sites for hydroxylation is 1. The number of rotatable bonds is 16. The van der Waals surface area contributed by atoms with Crippen molar-refractivity contribution in [1.82, 2.24) is 0 Å². The van der Waals surface area contributed by atoms with Crippen molar-refractivity contribution >= 4 is 6.08 Å². The second-order valence-electron chi connectivity index (χ2n) is 9.67. The smallest absolute Gasteiger partial charge is 0.134 e. The Kier molecular flexibility index (Phi) is 13.2. The number of unbranched alkanes of at least 4 members (excludes halogenated alkanes) is 4. The third kappa shape index (κ3) is 8.87. The van der Waals surface area contributed by atoms with Crippen molar-refractivity contribution in [2.75, 3.05) is 21.3 Å². The molecule has 0 saturated heterocycles. The van der Waals surface area contributed by atoms with Crippen LogP contribution in [-0.4, -0.2) is 21.3 Å². The van der Waals surface area contributed by atoms with Crippen LogP contribution in [0.1, 0.15) is 95.8 Å². The molecule has 0 unspecified atom stereocenters. The molecule has 0 aliphatic carbocycles. The van der Waals surface area contributed by atoms with Gasteiger partial charge in [0.05, 0.1) is 21.3 Å². The molecule has 0 fully saturated rings. The zero-order chi connectivity index (χ0) is 27.2. The van der Waals surface area contributed by atoms with Gasteiger partial charge < -0.3 is 18.9 Å². The normalized spacial score (nSPS) is 12.3. The summed E-state index contributed by atoms with van der Waals surface area (Å²) in [6, 6.07) is 10.1. The van der Waals surface area contributed by atoms with E-state index in [1.54, 1.807) is 21.3 Å².